The van der Waals surface area contributed by atoms with Crippen LogP contribution in [0, 0.1) is 12.7 Å². The lowest BCUT2D eigenvalue weighted by Gasteiger charge is -2.17. The van der Waals surface area contributed by atoms with E-state index in [1.807, 2.05) is 12.3 Å². The Labute approximate surface area is 120 Å². The van der Waals surface area contributed by atoms with Crippen LogP contribution >= 0.6 is 22.9 Å². The summed E-state index contributed by atoms with van der Waals surface area (Å²) in [5, 5.41) is 6.75. The molecule has 1 aliphatic carbocycles. The second kappa shape index (κ2) is 5.19. The molecule has 5 heteroatoms. The zero-order chi connectivity index (χ0) is 13.4. The third-order valence-corrected chi connectivity index (χ3v) is 4.46. The maximum atomic E-state index is 13.3. The van der Waals surface area contributed by atoms with Crippen molar-refractivity contribution in [1.82, 2.24) is 10.3 Å². The van der Waals surface area contributed by atoms with E-state index in [4.69, 9.17) is 11.6 Å². The van der Waals surface area contributed by atoms with Crippen molar-refractivity contribution in [3.05, 3.63) is 50.7 Å². The van der Waals surface area contributed by atoms with E-state index in [9.17, 15) is 4.39 Å². The fourth-order valence-electron chi connectivity index (χ4n) is 1.99. The molecule has 1 fully saturated rings. The lowest BCUT2D eigenvalue weighted by Crippen LogP contribution is -2.24. The van der Waals surface area contributed by atoms with Gasteiger partial charge in [0.1, 0.15) is 10.8 Å². The molecule has 3 rings (SSSR count). The van der Waals surface area contributed by atoms with Gasteiger partial charge in [0.25, 0.3) is 0 Å². The van der Waals surface area contributed by atoms with Crippen LogP contribution in [0.1, 0.15) is 35.1 Å². The molecule has 100 valence electrons. The van der Waals surface area contributed by atoms with Crippen molar-refractivity contribution < 1.29 is 4.39 Å². The lowest BCUT2D eigenvalue weighted by atomic mass is 10.1. The van der Waals surface area contributed by atoms with E-state index in [0.29, 0.717) is 6.04 Å². The van der Waals surface area contributed by atoms with Gasteiger partial charge in [0, 0.05) is 17.1 Å². The second-order valence-electron chi connectivity index (χ2n) is 4.87. The number of aryl methyl sites for hydroxylation is 1. The summed E-state index contributed by atoms with van der Waals surface area (Å²) in [5.74, 6) is -0.383. The summed E-state index contributed by atoms with van der Waals surface area (Å²) in [6.45, 7) is 1.98. The molecule has 1 aliphatic rings. The predicted molar refractivity (Wildman–Crippen MR) is 76.3 cm³/mol. The van der Waals surface area contributed by atoms with E-state index in [2.05, 4.69) is 10.3 Å². The first kappa shape index (κ1) is 13.0. The highest BCUT2D eigenvalue weighted by atomic mass is 35.5. The van der Waals surface area contributed by atoms with Crippen LogP contribution < -0.4 is 5.32 Å². The van der Waals surface area contributed by atoms with E-state index in [1.54, 1.807) is 23.5 Å². The first-order valence-corrected chi connectivity index (χ1v) is 7.52. The molecule has 0 bridgehead atoms. The monoisotopic (exact) mass is 296 g/mol. The third kappa shape index (κ3) is 2.96. The zero-order valence-corrected chi connectivity index (χ0v) is 12.1. The van der Waals surface area contributed by atoms with Gasteiger partial charge in [0.05, 0.1) is 11.1 Å². The van der Waals surface area contributed by atoms with Gasteiger partial charge in [-0.3, -0.25) is 0 Å². The molecule has 1 atom stereocenters. The molecule has 2 aromatic rings. The van der Waals surface area contributed by atoms with Crippen molar-refractivity contribution in [1.29, 1.82) is 0 Å². The van der Waals surface area contributed by atoms with E-state index in [0.717, 1.165) is 16.3 Å². The van der Waals surface area contributed by atoms with Crippen LogP contribution in [0.3, 0.4) is 0 Å². The van der Waals surface area contributed by atoms with Gasteiger partial charge in [-0.25, -0.2) is 9.37 Å². The number of nitrogens with one attached hydrogen (secondary N) is 1. The predicted octanol–water partition coefficient (Wildman–Crippen LogP) is 4.09. The van der Waals surface area contributed by atoms with Crippen LogP contribution in [0.15, 0.2) is 23.6 Å². The Balaban J connectivity index is 1.95. The van der Waals surface area contributed by atoms with E-state index in [-0.39, 0.29) is 16.9 Å². The molecule has 0 radical (unpaired) electrons. The van der Waals surface area contributed by atoms with Crippen molar-refractivity contribution in [2.75, 3.05) is 0 Å². The van der Waals surface area contributed by atoms with Crippen LogP contribution in [0.5, 0.6) is 0 Å². The molecule has 0 amide bonds. The molecule has 1 saturated carbocycles. The average Bonchev–Trinajstić information content (AvgIpc) is 3.11. The fraction of sp³-hybridized carbons (Fsp3) is 0.357. The first-order chi connectivity index (χ1) is 9.13. The molecule has 1 aromatic carbocycles. The Bertz CT molecular complexity index is 595. The largest absolute Gasteiger partial charge is 0.301 e. The summed E-state index contributed by atoms with van der Waals surface area (Å²) >= 11 is 7.50. The first-order valence-electron chi connectivity index (χ1n) is 6.26. The number of hydrogen-bond acceptors (Lipinski definition) is 3. The Morgan fingerprint density at radius 3 is 2.84 bits per heavy atom. The van der Waals surface area contributed by atoms with Crippen LogP contribution in [0.2, 0.25) is 5.02 Å². The van der Waals surface area contributed by atoms with Crippen LogP contribution in [0.25, 0.3) is 0 Å². The number of nitrogens with zero attached hydrogens (tertiary/aromatic N) is 1. The summed E-state index contributed by atoms with van der Waals surface area (Å²) in [7, 11) is 0. The molecule has 1 aromatic heterocycles. The number of rotatable bonds is 4. The number of aromatic nitrogens is 1. The molecule has 0 saturated heterocycles. The van der Waals surface area contributed by atoms with Gasteiger partial charge in [0.15, 0.2) is 0 Å². The highest BCUT2D eigenvalue weighted by molar-refractivity contribution is 7.09. The van der Waals surface area contributed by atoms with Crippen LogP contribution in [-0.2, 0) is 0 Å². The zero-order valence-electron chi connectivity index (χ0n) is 10.5. The van der Waals surface area contributed by atoms with E-state index >= 15 is 0 Å². The molecule has 1 heterocycles. The van der Waals surface area contributed by atoms with Crippen molar-refractivity contribution in [2.45, 2.75) is 31.8 Å². The number of benzene rings is 1. The highest BCUT2D eigenvalue weighted by Crippen LogP contribution is 2.32. The molecule has 0 spiro atoms. The lowest BCUT2D eigenvalue weighted by molar-refractivity contribution is 0.592. The van der Waals surface area contributed by atoms with Crippen molar-refractivity contribution in [3.8, 4) is 0 Å². The SMILES string of the molecule is Cc1csc(C(NC2CC2)c2ccc(F)c(Cl)c2)n1. The van der Waals surface area contributed by atoms with Gasteiger partial charge < -0.3 is 5.32 Å². The van der Waals surface area contributed by atoms with Crippen molar-refractivity contribution in [2.24, 2.45) is 0 Å². The Morgan fingerprint density at radius 2 is 2.26 bits per heavy atom. The minimum absolute atomic E-state index is 0.00398. The van der Waals surface area contributed by atoms with Crippen molar-refractivity contribution >= 4 is 22.9 Å². The highest BCUT2D eigenvalue weighted by Gasteiger charge is 2.28. The van der Waals surface area contributed by atoms with Gasteiger partial charge in [-0.05, 0) is 37.5 Å². The van der Waals surface area contributed by atoms with Gasteiger partial charge in [-0.15, -0.1) is 11.3 Å². The van der Waals surface area contributed by atoms with Gasteiger partial charge in [0.2, 0.25) is 0 Å². The molecule has 0 aliphatic heterocycles. The maximum absolute atomic E-state index is 13.3. The number of halogens is 2. The topological polar surface area (TPSA) is 24.9 Å². The van der Waals surface area contributed by atoms with Crippen molar-refractivity contribution in [3.63, 3.8) is 0 Å². The smallest absolute Gasteiger partial charge is 0.141 e. The van der Waals surface area contributed by atoms with Gasteiger partial charge in [-0.1, -0.05) is 17.7 Å². The number of hydrogen-bond donors (Lipinski definition) is 1. The second-order valence-corrected chi connectivity index (χ2v) is 6.17. The van der Waals surface area contributed by atoms with Gasteiger partial charge in [-0.2, -0.15) is 0 Å². The quantitative estimate of drug-likeness (QED) is 0.919. The molecule has 2 nitrogen and oxygen atoms in total. The summed E-state index contributed by atoms with van der Waals surface area (Å²) in [4.78, 5) is 4.54. The van der Waals surface area contributed by atoms with Gasteiger partial charge >= 0.3 is 0 Å². The average molecular weight is 297 g/mol. The van der Waals surface area contributed by atoms with E-state index in [1.165, 1.54) is 18.9 Å². The minimum Gasteiger partial charge on any atom is -0.301 e. The van der Waals surface area contributed by atoms with Crippen LogP contribution in [-0.4, -0.2) is 11.0 Å². The molecule has 1 N–H and O–H groups in total. The normalized spacial score (nSPS) is 16.6. The molecule has 1 unspecified atom stereocenters. The molecular weight excluding hydrogens is 283 g/mol. The molecular formula is C14H14ClFN2S. The summed E-state index contributed by atoms with van der Waals surface area (Å²) in [6.07, 6.45) is 2.38. The number of thiazole rings is 1. The summed E-state index contributed by atoms with van der Waals surface area (Å²) in [5.41, 5.74) is 1.98. The summed E-state index contributed by atoms with van der Waals surface area (Å²) in [6, 6.07) is 5.42. The van der Waals surface area contributed by atoms with Crippen LogP contribution in [0.4, 0.5) is 4.39 Å². The Kier molecular flexibility index (Phi) is 3.56. The molecule has 19 heavy (non-hydrogen) atoms. The summed E-state index contributed by atoms with van der Waals surface area (Å²) < 4.78 is 13.3. The van der Waals surface area contributed by atoms with E-state index < -0.39 is 0 Å². The minimum atomic E-state index is -0.383. The Hall–Kier alpha value is -0.970. The third-order valence-electron chi connectivity index (χ3n) is 3.14. The fourth-order valence-corrected chi connectivity index (χ4v) is 3.06. The maximum Gasteiger partial charge on any atom is 0.141 e. The standard InChI is InChI=1S/C14H14ClFN2S/c1-8-7-19-14(17-8)13(18-10-3-4-10)9-2-5-12(16)11(15)6-9/h2,5-7,10,13,18H,3-4H2,1H3. The Morgan fingerprint density at radius 1 is 1.47 bits per heavy atom.